The fraction of sp³-hybridized carbons (Fsp3) is 0.250. The van der Waals surface area contributed by atoms with E-state index >= 15 is 0 Å². The van der Waals surface area contributed by atoms with Gasteiger partial charge >= 0.3 is 11.9 Å². The number of nitrogens with one attached hydrogen (secondary N) is 2. The topological polar surface area (TPSA) is 139 Å². The molecule has 176 valence electrons. The maximum absolute atomic E-state index is 12.3. The van der Waals surface area contributed by atoms with Gasteiger partial charge in [0.05, 0.1) is 0 Å². The Morgan fingerprint density at radius 2 is 1.79 bits per heavy atom. The highest BCUT2D eigenvalue weighted by Gasteiger charge is 2.32. The largest absolute Gasteiger partial charge is 0.480 e. The zero-order valence-corrected chi connectivity index (χ0v) is 18.3. The van der Waals surface area contributed by atoms with Crippen molar-refractivity contribution in [1.29, 1.82) is 0 Å². The van der Waals surface area contributed by atoms with Crippen LogP contribution in [0, 0.1) is 0 Å². The number of piperazine rings is 1. The third-order valence-electron chi connectivity index (χ3n) is 5.81. The highest BCUT2D eigenvalue weighted by Crippen LogP contribution is 2.31. The molecule has 1 fully saturated rings. The van der Waals surface area contributed by atoms with Gasteiger partial charge in [0.25, 0.3) is 0 Å². The van der Waals surface area contributed by atoms with Crippen LogP contribution in [-0.2, 0) is 20.9 Å². The van der Waals surface area contributed by atoms with Gasteiger partial charge in [0.1, 0.15) is 6.04 Å². The highest BCUT2D eigenvalue weighted by atomic mass is 16.4. The molecule has 0 unspecified atom stereocenters. The number of rotatable bonds is 8. The molecule has 2 aromatic heterocycles. The molecular weight excluding hydrogens is 438 g/mol. The van der Waals surface area contributed by atoms with E-state index in [9.17, 15) is 19.5 Å². The molecule has 0 saturated carbocycles. The molecule has 1 atom stereocenters. The van der Waals surface area contributed by atoms with Gasteiger partial charge in [-0.2, -0.15) is 0 Å². The Morgan fingerprint density at radius 3 is 2.47 bits per heavy atom. The molecule has 0 bridgehead atoms. The number of amides is 1. The number of hydrogen-bond acceptors (Lipinski definition) is 6. The lowest BCUT2D eigenvalue weighted by Crippen LogP contribution is -2.48. The molecule has 3 heterocycles. The fourth-order valence-electron chi connectivity index (χ4n) is 4.19. The lowest BCUT2D eigenvalue weighted by Gasteiger charge is -2.37. The summed E-state index contributed by atoms with van der Waals surface area (Å²) in [6, 6.07) is 8.24. The van der Waals surface area contributed by atoms with Crippen molar-refractivity contribution in [3.8, 4) is 0 Å². The summed E-state index contributed by atoms with van der Waals surface area (Å²) in [6.45, 7) is 3.48. The SMILES string of the molecule is O=C(O)/C=C/C(=O)Nc1ccc2[nH]cc([C@H](C(=O)O)N3CCN(Cc4ccncc4)CC3)c2c1. The van der Waals surface area contributed by atoms with Gasteiger partial charge in [-0.25, -0.2) is 4.79 Å². The van der Waals surface area contributed by atoms with Crippen LogP contribution >= 0.6 is 0 Å². The fourth-order valence-corrected chi connectivity index (χ4v) is 4.19. The van der Waals surface area contributed by atoms with Crippen LogP contribution in [0.5, 0.6) is 0 Å². The van der Waals surface area contributed by atoms with Crippen molar-refractivity contribution in [3.05, 3.63) is 72.2 Å². The Bertz CT molecular complexity index is 1210. The van der Waals surface area contributed by atoms with E-state index in [4.69, 9.17) is 5.11 Å². The Labute approximate surface area is 195 Å². The molecule has 0 radical (unpaired) electrons. The number of carbonyl (C=O) groups excluding carboxylic acids is 1. The van der Waals surface area contributed by atoms with Gasteiger partial charge in [0.15, 0.2) is 0 Å². The van der Waals surface area contributed by atoms with E-state index in [2.05, 4.69) is 20.2 Å². The average molecular weight is 463 g/mol. The first-order valence-corrected chi connectivity index (χ1v) is 10.8. The number of carbonyl (C=O) groups is 3. The Hall–Kier alpha value is -4.02. The third-order valence-corrected chi connectivity index (χ3v) is 5.81. The Kier molecular flexibility index (Phi) is 7.00. The number of H-pyrrole nitrogens is 1. The van der Waals surface area contributed by atoms with Crippen molar-refractivity contribution < 1.29 is 24.6 Å². The number of fused-ring (bicyclic) bond motifs is 1. The first-order chi connectivity index (χ1) is 16.4. The quantitative estimate of drug-likeness (QED) is 0.373. The van der Waals surface area contributed by atoms with Crippen LogP contribution in [0.3, 0.4) is 0 Å². The van der Waals surface area contributed by atoms with E-state index in [0.717, 1.165) is 37.3 Å². The first kappa shape index (κ1) is 23.1. The van der Waals surface area contributed by atoms with Gasteiger partial charge in [-0.1, -0.05) is 0 Å². The molecule has 1 aliphatic rings. The molecule has 1 saturated heterocycles. The summed E-state index contributed by atoms with van der Waals surface area (Å²) in [5, 5.41) is 22.0. The minimum Gasteiger partial charge on any atom is -0.480 e. The van der Waals surface area contributed by atoms with Crippen LogP contribution in [0.1, 0.15) is 17.2 Å². The monoisotopic (exact) mass is 463 g/mol. The number of carboxylic acid groups (broad SMARTS) is 2. The molecular formula is C24H25N5O5. The van der Waals surface area contributed by atoms with Gasteiger partial charge in [-0.15, -0.1) is 0 Å². The summed E-state index contributed by atoms with van der Waals surface area (Å²) < 4.78 is 0. The average Bonchev–Trinajstić information content (AvgIpc) is 3.22. The second kappa shape index (κ2) is 10.3. The molecule has 3 aromatic rings. The van der Waals surface area contributed by atoms with E-state index in [-0.39, 0.29) is 0 Å². The second-order valence-electron chi connectivity index (χ2n) is 8.07. The molecule has 4 N–H and O–H groups in total. The minimum absolute atomic E-state index is 0.444. The van der Waals surface area contributed by atoms with Crippen molar-refractivity contribution in [1.82, 2.24) is 19.8 Å². The summed E-state index contributed by atoms with van der Waals surface area (Å²) in [7, 11) is 0. The van der Waals surface area contributed by atoms with Crippen LogP contribution in [0.25, 0.3) is 10.9 Å². The van der Waals surface area contributed by atoms with Crippen LogP contribution in [0.4, 0.5) is 5.69 Å². The van der Waals surface area contributed by atoms with Crippen LogP contribution in [-0.4, -0.2) is 74.0 Å². The molecule has 0 aliphatic carbocycles. The molecule has 0 spiro atoms. The predicted molar refractivity (Wildman–Crippen MR) is 125 cm³/mol. The summed E-state index contributed by atoms with van der Waals surface area (Å²) >= 11 is 0. The number of aromatic amines is 1. The van der Waals surface area contributed by atoms with E-state index in [1.165, 1.54) is 5.56 Å². The second-order valence-corrected chi connectivity index (χ2v) is 8.07. The molecule has 1 amide bonds. The molecule has 1 aliphatic heterocycles. The smallest absolute Gasteiger partial charge is 0.328 e. The van der Waals surface area contributed by atoms with Gasteiger partial charge < -0.3 is 20.5 Å². The lowest BCUT2D eigenvalue weighted by atomic mass is 10.0. The van der Waals surface area contributed by atoms with Crippen molar-refractivity contribution in [2.24, 2.45) is 0 Å². The number of benzene rings is 1. The summed E-state index contributed by atoms with van der Waals surface area (Å²) in [5.41, 5.74) is 2.97. The van der Waals surface area contributed by atoms with E-state index in [1.54, 1.807) is 36.8 Å². The van der Waals surface area contributed by atoms with Crippen LogP contribution in [0.15, 0.2) is 61.1 Å². The first-order valence-electron chi connectivity index (χ1n) is 10.8. The zero-order chi connectivity index (χ0) is 24.1. The number of pyridine rings is 1. The number of carboxylic acids is 2. The Balaban J connectivity index is 1.50. The molecule has 10 nitrogen and oxygen atoms in total. The van der Waals surface area contributed by atoms with E-state index in [1.807, 2.05) is 17.0 Å². The highest BCUT2D eigenvalue weighted by molar-refractivity contribution is 6.03. The van der Waals surface area contributed by atoms with Gasteiger partial charge in [-0.05, 0) is 35.9 Å². The summed E-state index contributed by atoms with van der Waals surface area (Å²) in [5.74, 6) is -2.75. The normalized spacial score (nSPS) is 16.0. The van der Waals surface area contributed by atoms with Gasteiger partial charge in [-0.3, -0.25) is 24.4 Å². The van der Waals surface area contributed by atoms with Crippen molar-refractivity contribution in [2.75, 3.05) is 31.5 Å². The number of aliphatic carboxylic acids is 2. The zero-order valence-electron chi connectivity index (χ0n) is 18.3. The van der Waals surface area contributed by atoms with E-state index in [0.29, 0.717) is 29.7 Å². The minimum atomic E-state index is -1.22. The number of nitrogens with zero attached hydrogens (tertiary/aromatic N) is 3. The number of anilines is 1. The van der Waals surface area contributed by atoms with Gasteiger partial charge in [0, 0.05) is 85.6 Å². The molecule has 10 heteroatoms. The Morgan fingerprint density at radius 1 is 1.06 bits per heavy atom. The maximum atomic E-state index is 12.3. The summed E-state index contributed by atoms with van der Waals surface area (Å²) in [6.07, 6.45) is 6.91. The number of hydrogen-bond donors (Lipinski definition) is 4. The number of aromatic nitrogens is 2. The predicted octanol–water partition coefficient (Wildman–Crippen LogP) is 2.09. The maximum Gasteiger partial charge on any atom is 0.328 e. The summed E-state index contributed by atoms with van der Waals surface area (Å²) in [4.78, 5) is 46.3. The van der Waals surface area contributed by atoms with Crippen molar-refractivity contribution >= 4 is 34.4 Å². The molecule has 34 heavy (non-hydrogen) atoms. The molecule has 1 aromatic carbocycles. The molecule has 4 rings (SSSR count). The van der Waals surface area contributed by atoms with E-state index < -0.39 is 23.9 Å². The standard InChI is InChI=1S/C24H25N5O5/c30-21(3-4-22(31)32)27-17-1-2-20-18(13-17)19(14-26-20)23(24(33)34)29-11-9-28(10-12-29)15-16-5-7-25-8-6-16/h1-8,13-14,23,26H,9-12,15H2,(H,27,30)(H,31,32)(H,33,34)/b4-3+/t23-/m1/s1. The lowest BCUT2D eigenvalue weighted by molar-refractivity contribution is -0.144. The van der Waals surface area contributed by atoms with Crippen LogP contribution in [0.2, 0.25) is 0 Å². The van der Waals surface area contributed by atoms with Crippen LogP contribution < -0.4 is 5.32 Å². The van der Waals surface area contributed by atoms with Gasteiger partial charge in [0.2, 0.25) is 5.91 Å². The third kappa shape index (κ3) is 5.48. The van der Waals surface area contributed by atoms with Crippen molar-refractivity contribution in [2.45, 2.75) is 12.6 Å². The van der Waals surface area contributed by atoms with Crippen molar-refractivity contribution in [3.63, 3.8) is 0 Å².